The summed E-state index contributed by atoms with van der Waals surface area (Å²) < 4.78 is 0. The molecule has 2 rings (SSSR count). The third kappa shape index (κ3) is 0.954. The molecular formula is C11H16O. The van der Waals surface area contributed by atoms with Crippen molar-refractivity contribution in [3.63, 3.8) is 0 Å². The summed E-state index contributed by atoms with van der Waals surface area (Å²) in [6.45, 7) is 6.40. The van der Waals surface area contributed by atoms with E-state index in [2.05, 4.69) is 26.8 Å². The van der Waals surface area contributed by atoms with E-state index in [1.54, 1.807) is 0 Å². The molecule has 0 N–H and O–H groups in total. The van der Waals surface area contributed by atoms with Crippen molar-refractivity contribution in [2.45, 2.75) is 40.0 Å². The first-order valence-electron chi connectivity index (χ1n) is 4.70. The second-order valence-electron chi connectivity index (χ2n) is 5.00. The molecule has 0 radical (unpaired) electrons. The van der Waals surface area contributed by atoms with Crippen LogP contribution in [0.15, 0.2) is 11.6 Å². The SMILES string of the molecule is CC1=CC(C)(C)CC(=O)C12CC2. The molecule has 0 aromatic carbocycles. The van der Waals surface area contributed by atoms with Crippen LogP contribution in [0.2, 0.25) is 0 Å². The van der Waals surface area contributed by atoms with Gasteiger partial charge >= 0.3 is 0 Å². The van der Waals surface area contributed by atoms with Crippen LogP contribution in [0.3, 0.4) is 0 Å². The van der Waals surface area contributed by atoms with E-state index in [-0.39, 0.29) is 10.8 Å². The Morgan fingerprint density at radius 3 is 2.33 bits per heavy atom. The minimum atomic E-state index is 0.0233. The van der Waals surface area contributed by atoms with Crippen molar-refractivity contribution < 1.29 is 4.79 Å². The zero-order valence-corrected chi connectivity index (χ0v) is 8.11. The summed E-state index contributed by atoms with van der Waals surface area (Å²) in [4.78, 5) is 11.8. The quantitative estimate of drug-likeness (QED) is 0.503. The van der Waals surface area contributed by atoms with Gasteiger partial charge in [-0.05, 0) is 25.2 Å². The van der Waals surface area contributed by atoms with Gasteiger partial charge in [0.2, 0.25) is 0 Å². The van der Waals surface area contributed by atoms with Crippen LogP contribution in [0, 0.1) is 10.8 Å². The van der Waals surface area contributed by atoms with E-state index in [4.69, 9.17) is 0 Å². The average molecular weight is 164 g/mol. The number of carbonyl (C=O) groups excluding carboxylic acids is 1. The van der Waals surface area contributed by atoms with E-state index in [9.17, 15) is 4.79 Å². The molecule has 0 amide bonds. The molecule has 2 aliphatic rings. The van der Waals surface area contributed by atoms with Gasteiger partial charge in [0.1, 0.15) is 5.78 Å². The summed E-state index contributed by atoms with van der Waals surface area (Å²) in [5.41, 5.74) is 1.45. The maximum Gasteiger partial charge on any atom is 0.143 e. The van der Waals surface area contributed by atoms with Crippen LogP contribution >= 0.6 is 0 Å². The van der Waals surface area contributed by atoms with Crippen LogP contribution in [-0.4, -0.2) is 5.78 Å². The second-order valence-corrected chi connectivity index (χ2v) is 5.00. The fourth-order valence-electron chi connectivity index (χ4n) is 2.38. The standard InChI is InChI=1S/C11H16O/c1-8-6-10(2,3)7-9(12)11(8)4-5-11/h6H,4-5,7H2,1-3H3. The molecule has 12 heavy (non-hydrogen) atoms. The van der Waals surface area contributed by atoms with Gasteiger partial charge in [-0.25, -0.2) is 0 Å². The minimum absolute atomic E-state index is 0.0233. The van der Waals surface area contributed by atoms with Crippen molar-refractivity contribution in [3.05, 3.63) is 11.6 Å². The lowest BCUT2D eigenvalue weighted by atomic mass is 9.72. The zero-order chi connectivity index (χ0) is 8.98. The molecule has 1 fully saturated rings. The highest BCUT2D eigenvalue weighted by atomic mass is 16.1. The number of hydrogen-bond acceptors (Lipinski definition) is 1. The Labute approximate surface area is 73.8 Å². The molecule has 0 atom stereocenters. The van der Waals surface area contributed by atoms with Crippen LogP contribution in [0.4, 0.5) is 0 Å². The third-order valence-electron chi connectivity index (χ3n) is 3.26. The number of rotatable bonds is 0. The van der Waals surface area contributed by atoms with E-state index in [0.29, 0.717) is 5.78 Å². The average Bonchev–Trinajstić information content (AvgIpc) is 2.59. The Bertz CT molecular complexity index is 267. The van der Waals surface area contributed by atoms with E-state index in [1.165, 1.54) is 5.57 Å². The predicted molar refractivity (Wildman–Crippen MR) is 48.8 cm³/mol. The summed E-state index contributed by atoms with van der Waals surface area (Å²) in [6, 6.07) is 0. The first-order chi connectivity index (χ1) is 5.46. The summed E-state index contributed by atoms with van der Waals surface area (Å²) in [5.74, 6) is 0.479. The highest BCUT2D eigenvalue weighted by Gasteiger charge is 2.53. The van der Waals surface area contributed by atoms with Crippen molar-refractivity contribution in [2.24, 2.45) is 10.8 Å². The fourth-order valence-corrected chi connectivity index (χ4v) is 2.38. The highest BCUT2D eigenvalue weighted by Crippen LogP contribution is 2.57. The van der Waals surface area contributed by atoms with E-state index < -0.39 is 0 Å². The van der Waals surface area contributed by atoms with Gasteiger partial charge in [-0.3, -0.25) is 4.79 Å². The van der Waals surface area contributed by atoms with Crippen molar-refractivity contribution in [1.82, 2.24) is 0 Å². The molecule has 0 aromatic rings. The lowest BCUT2D eigenvalue weighted by Crippen LogP contribution is -2.29. The van der Waals surface area contributed by atoms with Crippen LogP contribution < -0.4 is 0 Å². The van der Waals surface area contributed by atoms with Gasteiger partial charge in [0.05, 0.1) is 0 Å². The van der Waals surface area contributed by atoms with Crippen molar-refractivity contribution in [1.29, 1.82) is 0 Å². The number of ketones is 1. The molecule has 1 spiro atoms. The minimum Gasteiger partial charge on any atom is -0.299 e. The van der Waals surface area contributed by atoms with Gasteiger partial charge in [-0.2, -0.15) is 0 Å². The molecule has 1 heteroatoms. The van der Waals surface area contributed by atoms with Crippen molar-refractivity contribution in [2.75, 3.05) is 0 Å². The molecule has 1 saturated carbocycles. The van der Waals surface area contributed by atoms with Gasteiger partial charge in [0, 0.05) is 11.8 Å². The smallest absolute Gasteiger partial charge is 0.143 e. The molecule has 2 aliphatic carbocycles. The Kier molecular flexibility index (Phi) is 1.35. The van der Waals surface area contributed by atoms with E-state index in [0.717, 1.165) is 19.3 Å². The van der Waals surface area contributed by atoms with Gasteiger partial charge < -0.3 is 0 Å². The first-order valence-corrected chi connectivity index (χ1v) is 4.70. The van der Waals surface area contributed by atoms with Crippen molar-refractivity contribution in [3.8, 4) is 0 Å². The lowest BCUT2D eigenvalue weighted by molar-refractivity contribution is -0.125. The Hall–Kier alpha value is -0.590. The molecule has 0 heterocycles. The van der Waals surface area contributed by atoms with Gasteiger partial charge in [-0.1, -0.05) is 25.5 Å². The predicted octanol–water partition coefficient (Wildman–Crippen LogP) is 2.71. The maximum absolute atomic E-state index is 11.8. The van der Waals surface area contributed by atoms with Crippen LogP contribution in [0.5, 0.6) is 0 Å². The van der Waals surface area contributed by atoms with Gasteiger partial charge in [-0.15, -0.1) is 0 Å². The summed E-state index contributed by atoms with van der Waals surface area (Å²) in [7, 11) is 0. The summed E-state index contributed by atoms with van der Waals surface area (Å²) in [6.07, 6.45) is 5.24. The molecule has 0 bridgehead atoms. The van der Waals surface area contributed by atoms with Crippen LogP contribution in [0.25, 0.3) is 0 Å². The molecular weight excluding hydrogens is 148 g/mol. The largest absolute Gasteiger partial charge is 0.299 e. The first kappa shape index (κ1) is 8.03. The third-order valence-corrected chi connectivity index (χ3v) is 3.26. The fraction of sp³-hybridized carbons (Fsp3) is 0.727. The number of Topliss-reactive ketones (excluding diaryl/α,β-unsaturated/α-hetero) is 1. The lowest BCUT2D eigenvalue weighted by Gasteiger charge is -2.31. The zero-order valence-electron chi connectivity index (χ0n) is 8.11. The van der Waals surface area contributed by atoms with E-state index in [1.807, 2.05) is 0 Å². The molecule has 66 valence electrons. The summed E-state index contributed by atoms with van der Waals surface area (Å²) >= 11 is 0. The Morgan fingerprint density at radius 1 is 1.33 bits per heavy atom. The maximum atomic E-state index is 11.8. The number of carbonyl (C=O) groups is 1. The molecule has 0 aromatic heterocycles. The highest BCUT2D eigenvalue weighted by molar-refractivity contribution is 5.92. The van der Waals surface area contributed by atoms with E-state index >= 15 is 0 Å². The Morgan fingerprint density at radius 2 is 1.92 bits per heavy atom. The number of hydrogen-bond donors (Lipinski definition) is 0. The summed E-state index contributed by atoms with van der Waals surface area (Å²) in [5, 5.41) is 0. The molecule has 0 saturated heterocycles. The van der Waals surface area contributed by atoms with Gasteiger partial charge in [0.15, 0.2) is 0 Å². The second kappa shape index (κ2) is 2.01. The monoisotopic (exact) mass is 164 g/mol. The molecule has 0 aliphatic heterocycles. The van der Waals surface area contributed by atoms with Gasteiger partial charge in [0.25, 0.3) is 0 Å². The topological polar surface area (TPSA) is 17.1 Å². The van der Waals surface area contributed by atoms with Crippen LogP contribution in [0.1, 0.15) is 40.0 Å². The normalized spacial score (nSPS) is 30.2. The molecule has 0 unspecified atom stereocenters. The van der Waals surface area contributed by atoms with Crippen LogP contribution in [-0.2, 0) is 4.79 Å². The Balaban J connectivity index is 2.39. The number of allylic oxidation sites excluding steroid dienone is 2. The van der Waals surface area contributed by atoms with Crippen molar-refractivity contribution >= 4 is 5.78 Å². The molecule has 1 nitrogen and oxygen atoms in total.